The molecule has 4 rings (SSSR count). The topological polar surface area (TPSA) is 183 Å². The fourth-order valence-corrected chi connectivity index (χ4v) is 5.90. The second kappa shape index (κ2) is 22.4. The number of anilines is 1. The highest BCUT2D eigenvalue weighted by molar-refractivity contribution is 7.11. The zero-order chi connectivity index (χ0) is 40.3. The van der Waals surface area contributed by atoms with E-state index in [1.807, 2.05) is 6.92 Å². The predicted octanol–water partition coefficient (Wildman–Crippen LogP) is 4.35. The minimum Gasteiger partial charge on any atom is -0.493 e. The maximum atomic E-state index is 13.1. The van der Waals surface area contributed by atoms with Crippen LogP contribution in [0.2, 0.25) is 0 Å². The van der Waals surface area contributed by atoms with Gasteiger partial charge in [0.15, 0.2) is 17.8 Å². The smallest absolute Gasteiger partial charge is 0.332 e. The van der Waals surface area contributed by atoms with Crippen molar-refractivity contribution in [3.05, 3.63) is 77.3 Å². The van der Waals surface area contributed by atoms with Crippen molar-refractivity contribution in [2.24, 2.45) is 12.0 Å². The molecule has 1 aromatic carbocycles. The first-order chi connectivity index (χ1) is 26.5. The first kappa shape index (κ1) is 43.6. The Labute approximate surface area is 324 Å². The van der Waals surface area contributed by atoms with Crippen molar-refractivity contribution < 1.29 is 42.9 Å². The Balaban J connectivity index is 0.00000193. The second-order valence-electron chi connectivity index (χ2n) is 12.1. The van der Waals surface area contributed by atoms with Gasteiger partial charge in [-0.15, -0.1) is 0 Å². The van der Waals surface area contributed by atoms with Crippen LogP contribution in [0.25, 0.3) is 0 Å². The van der Waals surface area contributed by atoms with Gasteiger partial charge >= 0.3 is 5.97 Å². The van der Waals surface area contributed by atoms with Crippen LogP contribution in [0.1, 0.15) is 63.9 Å². The number of thiazole rings is 1. The second-order valence-corrected chi connectivity index (χ2v) is 12.9. The SMILES string of the molecule is C=C/C(=C\N(C)CC(=O)Oc1nc(C=O)cs1)NC(=O)c1cc(NC(=O)CCCOc2ccc(C(=O)N3CCCC3C=NC)cc2OC)cn1C.CCOC. The molecule has 2 aromatic heterocycles. The molecular formula is C38H49N7O9S. The summed E-state index contributed by atoms with van der Waals surface area (Å²) in [4.78, 5) is 73.1. The van der Waals surface area contributed by atoms with Gasteiger partial charge in [-0.1, -0.05) is 17.9 Å². The number of methoxy groups -OCH3 is 2. The molecule has 0 saturated carbocycles. The number of amides is 3. The van der Waals surface area contributed by atoms with E-state index in [0.29, 0.717) is 47.7 Å². The van der Waals surface area contributed by atoms with Gasteiger partial charge in [-0.25, -0.2) is 4.79 Å². The third kappa shape index (κ3) is 13.5. The van der Waals surface area contributed by atoms with Gasteiger partial charge in [0.25, 0.3) is 17.0 Å². The molecule has 296 valence electrons. The maximum absolute atomic E-state index is 13.1. The average Bonchev–Trinajstić information content (AvgIpc) is 3.92. The van der Waals surface area contributed by atoms with Crippen LogP contribution in [-0.4, -0.2) is 116 Å². The number of aliphatic imine (C=N–C) groups is 1. The van der Waals surface area contributed by atoms with Crippen molar-refractivity contribution >= 4 is 53.2 Å². The van der Waals surface area contributed by atoms with E-state index < -0.39 is 11.9 Å². The number of aldehydes is 1. The molecule has 2 N–H and O–H groups in total. The maximum Gasteiger partial charge on any atom is 0.332 e. The fraction of sp³-hybridized carbons (Fsp3) is 0.395. The summed E-state index contributed by atoms with van der Waals surface area (Å²) >= 11 is 1.03. The molecule has 0 aliphatic carbocycles. The van der Waals surface area contributed by atoms with E-state index in [4.69, 9.17) is 14.2 Å². The number of hydrogen-bond donors (Lipinski definition) is 2. The van der Waals surface area contributed by atoms with Crippen molar-refractivity contribution in [2.45, 2.75) is 38.6 Å². The van der Waals surface area contributed by atoms with E-state index in [1.54, 1.807) is 74.4 Å². The quantitative estimate of drug-likeness (QED) is 0.0616. The molecule has 1 saturated heterocycles. The van der Waals surface area contributed by atoms with Crippen LogP contribution < -0.4 is 24.8 Å². The van der Waals surface area contributed by atoms with Crippen molar-refractivity contribution in [1.29, 1.82) is 0 Å². The minimum atomic E-state index is -0.610. The number of aryl methyl sites for hydroxylation is 1. The predicted molar refractivity (Wildman–Crippen MR) is 209 cm³/mol. The fourth-order valence-electron chi connectivity index (χ4n) is 5.27. The third-order valence-corrected chi connectivity index (χ3v) is 8.68. The summed E-state index contributed by atoms with van der Waals surface area (Å²) in [5, 5.41) is 7.05. The zero-order valence-electron chi connectivity index (χ0n) is 32.0. The summed E-state index contributed by atoms with van der Waals surface area (Å²) in [5.74, 6) is -0.545. The standard InChI is InChI=1S/C35H41N7O8S.C3H8O/c1-6-24(18-40(3)20-32(45)50-35-39-26(21-43)22-51-35)38-33(46)28-16-25(19-41(28)4)37-31(44)10-8-14-49-29-12-11-23(15-30(29)48-5)34(47)42-13-7-9-27(42)17-36-2;1-3-4-2/h6,11-12,15-19,21-22,27H,1,7-10,13-14,20H2,2-5H3,(H,37,44)(H,38,46);3H2,1-2H3/b24-18+,36-17?;. The van der Waals surface area contributed by atoms with Crippen LogP contribution in [0.15, 0.2) is 65.4 Å². The Bertz CT molecular complexity index is 1850. The van der Waals surface area contributed by atoms with Crippen LogP contribution in [0, 0.1) is 0 Å². The van der Waals surface area contributed by atoms with Gasteiger partial charge in [0, 0.05) is 77.4 Å². The lowest BCUT2D eigenvalue weighted by Gasteiger charge is -2.22. The molecular weight excluding hydrogens is 731 g/mol. The number of nitrogens with zero attached hydrogens (tertiary/aromatic N) is 5. The van der Waals surface area contributed by atoms with E-state index in [1.165, 1.54) is 29.7 Å². The van der Waals surface area contributed by atoms with E-state index >= 15 is 0 Å². The Hall–Kier alpha value is -5.81. The average molecular weight is 780 g/mol. The van der Waals surface area contributed by atoms with Crippen LogP contribution >= 0.6 is 11.3 Å². The van der Waals surface area contributed by atoms with Gasteiger partial charge in [0.1, 0.15) is 17.9 Å². The summed E-state index contributed by atoms with van der Waals surface area (Å²) in [6.45, 7) is 7.24. The number of likely N-dealkylation sites (tertiary alicyclic amines) is 1. The molecule has 1 atom stereocenters. The summed E-state index contributed by atoms with van der Waals surface area (Å²) in [5.41, 5.74) is 1.69. The van der Waals surface area contributed by atoms with Crippen LogP contribution in [0.4, 0.5) is 5.69 Å². The summed E-state index contributed by atoms with van der Waals surface area (Å²) in [6, 6.07) is 6.58. The number of aromatic nitrogens is 2. The lowest BCUT2D eigenvalue weighted by molar-refractivity contribution is -0.134. The monoisotopic (exact) mass is 779 g/mol. The molecule has 0 bridgehead atoms. The van der Waals surface area contributed by atoms with Gasteiger partial charge in [-0.3, -0.25) is 24.2 Å². The summed E-state index contributed by atoms with van der Waals surface area (Å²) < 4.78 is 22.6. The van der Waals surface area contributed by atoms with Crippen molar-refractivity contribution in [1.82, 2.24) is 24.7 Å². The molecule has 1 fully saturated rings. The Morgan fingerprint density at radius 1 is 1.18 bits per heavy atom. The van der Waals surface area contributed by atoms with Crippen molar-refractivity contribution in [3.8, 4) is 16.7 Å². The molecule has 3 aromatic rings. The first-order valence-corrected chi connectivity index (χ1v) is 18.3. The molecule has 1 aliphatic rings. The Morgan fingerprint density at radius 2 is 1.95 bits per heavy atom. The number of hydrogen-bond acceptors (Lipinski definition) is 13. The van der Waals surface area contributed by atoms with E-state index in [0.717, 1.165) is 30.8 Å². The molecule has 55 heavy (non-hydrogen) atoms. The van der Waals surface area contributed by atoms with Crippen LogP contribution in [0.5, 0.6) is 16.7 Å². The van der Waals surface area contributed by atoms with Crippen molar-refractivity contribution in [2.75, 3.05) is 59.9 Å². The number of carbonyl (C=O) groups is 5. The van der Waals surface area contributed by atoms with Crippen LogP contribution in [0.3, 0.4) is 0 Å². The number of rotatable bonds is 18. The number of likely N-dealkylation sites (N-methyl/N-ethyl adjacent to an activating group) is 1. The molecule has 16 nitrogen and oxygen atoms in total. The number of esters is 1. The third-order valence-electron chi connectivity index (χ3n) is 7.95. The van der Waals surface area contributed by atoms with Gasteiger partial charge in [-0.2, -0.15) is 4.98 Å². The van der Waals surface area contributed by atoms with Gasteiger partial charge in [0.2, 0.25) is 5.91 Å². The normalized spacial score (nSPS) is 13.7. The summed E-state index contributed by atoms with van der Waals surface area (Å²) in [7, 11) is 8.16. The molecule has 3 amide bonds. The number of ether oxygens (including phenoxy) is 4. The highest BCUT2D eigenvalue weighted by Gasteiger charge is 2.28. The molecule has 1 aliphatic heterocycles. The number of allylic oxidation sites excluding steroid dienone is 1. The Kier molecular flexibility index (Phi) is 17.8. The number of nitrogens with one attached hydrogen (secondary N) is 2. The lowest BCUT2D eigenvalue weighted by atomic mass is 10.1. The van der Waals surface area contributed by atoms with E-state index in [2.05, 4.69) is 31.9 Å². The van der Waals surface area contributed by atoms with Gasteiger partial charge < -0.3 is 43.9 Å². The van der Waals surface area contributed by atoms with Crippen LogP contribution in [-0.2, 0) is 21.4 Å². The van der Waals surface area contributed by atoms with Crippen molar-refractivity contribution in [3.63, 3.8) is 0 Å². The van der Waals surface area contributed by atoms with Gasteiger partial charge in [0.05, 0.1) is 31.1 Å². The number of benzene rings is 1. The molecule has 1 unspecified atom stereocenters. The summed E-state index contributed by atoms with van der Waals surface area (Å²) in [6.07, 6.45) is 9.26. The lowest BCUT2D eigenvalue weighted by Crippen LogP contribution is -2.36. The highest BCUT2D eigenvalue weighted by atomic mass is 32.1. The number of carbonyl (C=O) groups excluding carboxylic acids is 5. The Morgan fingerprint density at radius 3 is 2.60 bits per heavy atom. The highest BCUT2D eigenvalue weighted by Crippen LogP contribution is 2.30. The zero-order valence-corrected chi connectivity index (χ0v) is 32.8. The first-order valence-electron chi connectivity index (χ1n) is 17.4. The largest absolute Gasteiger partial charge is 0.493 e. The molecule has 0 radical (unpaired) electrons. The molecule has 17 heteroatoms. The molecule has 0 spiro atoms. The van der Waals surface area contributed by atoms with E-state index in [9.17, 15) is 24.0 Å². The molecule has 3 heterocycles. The van der Waals surface area contributed by atoms with E-state index in [-0.39, 0.29) is 54.0 Å². The van der Waals surface area contributed by atoms with Gasteiger partial charge in [-0.05, 0) is 56.5 Å². The minimum absolute atomic E-state index is 0.0161.